The molecule has 0 atom stereocenters. The molecule has 0 saturated heterocycles. The number of hydrogen-bond acceptors (Lipinski definition) is 3. The molecule has 5 nitrogen and oxygen atoms in total. The Hall–Kier alpha value is -3.99. The van der Waals surface area contributed by atoms with Gasteiger partial charge in [0.05, 0.1) is 5.69 Å². The third-order valence-corrected chi connectivity index (χ3v) is 4.99. The van der Waals surface area contributed by atoms with E-state index in [9.17, 15) is 4.79 Å². The summed E-state index contributed by atoms with van der Waals surface area (Å²) in [5.41, 5.74) is 4.72. The molecule has 0 bridgehead atoms. The van der Waals surface area contributed by atoms with Gasteiger partial charge in [0, 0.05) is 16.6 Å². The highest BCUT2D eigenvalue weighted by Gasteiger charge is 2.12. The molecule has 5 heteroatoms. The number of nitrogens with zero attached hydrogens (tertiary/aromatic N) is 3. The number of carbonyl (C=O) groups is 1. The monoisotopic (exact) mass is 378 g/mol. The van der Waals surface area contributed by atoms with Crippen molar-refractivity contribution in [2.45, 2.75) is 6.92 Å². The molecule has 0 aliphatic rings. The Kier molecular flexibility index (Phi) is 4.06. The molecular formula is C24H18N4O. The van der Waals surface area contributed by atoms with Gasteiger partial charge < -0.3 is 5.32 Å². The number of benzene rings is 4. The first kappa shape index (κ1) is 17.1. The van der Waals surface area contributed by atoms with Crippen molar-refractivity contribution in [1.29, 1.82) is 0 Å². The van der Waals surface area contributed by atoms with Crippen molar-refractivity contribution in [3.8, 4) is 5.69 Å². The highest BCUT2D eigenvalue weighted by molar-refractivity contribution is 6.05. The van der Waals surface area contributed by atoms with Crippen molar-refractivity contribution in [2.24, 2.45) is 0 Å². The van der Waals surface area contributed by atoms with Gasteiger partial charge in [-0.3, -0.25) is 4.79 Å². The van der Waals surface area contributed by atoms with Crippen LogP contribution < -0.4 is 5.32 Å². The van der Waals surface area contributed by atoms with Crippen LogP contribution in [0.5, 0.6) is 0 Å². The topological polar surface area (TPSA) is 59.8 Å². The van der Waals surface area contributed by atoms with E-state index in [1.165, 1.54) is 0 Å². The van der Waals surface area contributed by atoms with Crippen LogP contribution in [0.2, 0.25) is 0 Å². The van der Waals surface area contributed by atoms with Crippen LogP contribution in [-0.2, 0) is 0 Å². The van der Waals surface area contributed by atoms with Gasteiger partial charge in [-0.05, 0) is 48.2 Å². The van der Waals surface area contributed by atoms with Crippen LogP contribution in [0.4, 0.5) is 5.69 Å². The van der Waals surface area contributed by atoms with E-state index in [4.69, 9.17) is 0 Å². The Morgan fingerprint density at radius 2 is 1.52 bits per heavy atom. The standard InChI is InChI=1S/C24H18N4O/c1-16-14-21-22(15-20(16)25-24(29)18-9-3-2-4-10-18)27-28(26-21)23-13-7-11-17-8-5-6-12-19(17)23/h2-15H,1H3,(H,25,29). The summed E-state index contributed by atoms with van der Waals surface area (Å²) >= 11 is 0. The summed E-state index contributed by atoms with van der Waals surface area (Å²) in [6.45, 7) is 1.96. The molecule has 29 heavy (non-hydrogen) atoms. The lowest BCUT2D eigenvalue weighted by Gasteiger charge is -2.08. The Morgan fingerprint density at radius 3 is 2.34 bits per heavy atom. The number of aryl methyl sites for hydroxylation is 1. The van der Waals surface area contributed by atoms with E-state index in [0.29, 0.717) is 5.56 Å². The smallest absolute Gasteiger partial charge is 0.255 e. The van der Waals surface area contributed by atoms with Crippen molar-refractivity contribution in [3.63, 3.8) is 0 Å². The third kappa shape index (κ3) is 3.12. The third-order valence-electron chi connectivity index (χ3n) is 4.99. The molecule has 0 aliphatic carbocycles. The average molecular weight is 378 g/mol. The van der Waals surface area contributed by atoms with Gasteiger partial charge in [-0.15, -0.1) is 15.0 Å². The lowest BCUT2D eigenvalue weighted by molar-refractivity contribution is 0.102. The summed E-state index contributed by atoms with van der Waals surface area (Å²) in [6.07, 6.45) is 0. The Balaban J connectivity index is 1.55. The first-order valence-electron chi connectivity index (χ1n) is 9.41. The van der Waals surface area contributed by atoms with Gasteiger partial charge in [-0.25, -0.2) is 0 Å². The van der Waals surface area contributed by atoms with Gasteiger partial charge in [0.2, 0.25) is 0 Å². The Labute approximate surface area is 167 Å². The van der Waals surface area contributed by atoms with E-state index >= 15 is 0 Å². The van der Waals surface area contributed by atoms with Crippen molar-refractivity contribution in [2.75, 3.05) is 5.32 Å². The fourth-order valence-corrected chi connectivity index (χ4v) is 3.48. The SMILES string of the molecule is Cc1cc2nn(-c3cccc4ccccc34)nc2cc1NC(=O)c1ccccc1. The summed E-state index contributed by atoms with van der Waals surface area (Å²) in [6, 6.07) is 27.2. The van der Waals surface area contributed by atoms with Gasteiger partial charge in [-0.1, -0.05) is 54.6 Å². The van der Waals surface area contributed by atoms with Crippen LogP contribution in [0.1, 0.15) is 15.9 Å². The molecule has 0 fully saturated rings. The molecule has 0 unspecified atom stereocenters. The molecule has 5 rings (SSSR count). The van der Waals surface area contributed by atoms with Crippen LogP contribution >= 0.6 is 0 Å². The fourth-order valence-electron chi connectivity index (χ4n) is 3.48. The second-order valence-electron chi connectivity index (χ2n) is 6.96. The molecule has 1 amide bonds. The average Bonchev–Trinajstić information content (AvgIpc) is 3.16. The van der Waals surface area contributed by atoms with Crippen LogP contribution in [0.15, 0.2) is 84.9 Å². The largest absolute Gasteiger partial charge is 0.322 e. The van der Waals surface area contributed by atoms with Gasteiger partial charge >= 0.3 is 0 Å². The van der Waals surface area contributed by atoms with Crippen LogP contribution in [0.25, 0.3) is 27.5 Å². The van der Waals surface area contributed by atoms with Crippen LogP contribution in [0, 0.1) is 6.92 Å². The molecule has 1 heterocycles. The van der Waals surface area contributed by atoms with Crippen LogP contribution in [-0.4, -0.2) is 20.9 Å². The van der Waals surface area contributed by atoms with Gasteiger partial charge in [0.15, 0.2) is 0 Å². The Morgan fingerprint density at radius 1 is 0.828 bits per heavy atom. The number of carbonyl (C=O) groups excluding carboxylic acids is 1. The maximum Gasteiger partial charge on any atom is 0.255 e. The summed E-state index contributed by atoms with van der Waals surface area (Å²) in [5, 5.41) is 14.5. The van der Waals surface area contributed by atoms with Gasteiger partial charge in [-0.2, -0.15) is 0 Å². The first-order valence-corrected chi connectivity index (χ1v) is 9.41. The lowest BCUT2D eigenvalue weighted by atomic mass is 10.1. The highest BCUT2D eigenvalue weighted by atomic mass is 16.1. The first-order chi connectivity index (χ1) is 14.2. The summed E-state index contributed by atoms with van der Waals surface area (Å²) in [5.74, 6) is -0.144. The number of fused-ring (bicyclic) bond motifs is 2. The maximum atomic E-state index is 12.5. The highest BCUT2D eigenvalue weighted by Crippen LogP contribution is 2.25. The second kappa shape index (κ2) is 6.87. The normalized spacial score (nSPS) is 11.1. The second-order valence-corrected chi connectivity index (χ2v) is 6.96. The van der Waals surface area contributed by atoms with E-state index in [2.05, 4.69) is 33.7 Å². The number of aromatic nitrogens is 3. The van der Waals surface area contributed by atoms with E-state index in [1.807, 2.05) is 61.5 Å². The number of hydrogen-bond donors (Lipinski definition) is 1. The van der Waals surface area contributed by atoms with E-state index in [1.54, 1.807) is 16.9 Å². The van der Waals surface area contributed by atoms with Crippen molar-refractivity contribution in [1.82, 2.24) is 15.0 Å². The number of amides is 1. The molecule has 140 valence electrons. The fraction of sp³-hybridized carbons (Fsp3) is 0.0417. The van der Waals surface area contributed by atoms with Crippen LogP contribution in [0.3, 0.4) is 0 Å². The summed E-state index contributed by atoms with van der Waals surface area (Å²) in [4.78, 5) is 14.2. The molecule has 0 spiro atoms. The molecule has 4 aromatic carbocycles. The zero-order valence-electron chi connectivity index (χ0n) is 15.8. The summed E-state index contributed by atoms with van der Waals surface area (Å²) in [7, 11) is 0. The van der Waals surface area contributed by atoms with Gasteiger partial charge in [0.1, 0.15) is 11.0 Å². The number of anilines is 1. The minimum Gasteiger partial charge on any atom is -0.322 e. The minimum absolute atomic E-state index is 0.144. The molecular weight excluding hydrogens is 360 g/mol. The zero-order valence-corrected chi connectivity index (χ0v) is 15.8. The molecule has 0 aliphatic heterocycles. The van der Waals surface area contributed by atoms with E-state index < -0.39 is 0 Å². The van der Waals surface area contributed by atoms with E-state index in [-0.39, 0.29) is 5.91 Å². The van der Waals surface area contributed by atoms with Crippen molar-refractivity contribution in [3.05, 3.63) is 96.1 Å². The van der Waals surface area contributed by atoms with Crippen molar-refractivity contribution < 1.29 is 4.79 Å². The summed E-state index contributed by atoms with van der Waals surface area (Å²) < 4.78 is 0. The molecule has 0 radical (unpaired) electrons. The Bertz CT molecular complexity index is 1350. The minimum atomic E-state index is -0.144. The number of nitrogens with one attached hydrogen (secondary N) is 1. The van der Waals surface area contributed by atoms with Gasteiger partial charge in [0.25, 0.3) is 5.91 Å². The maximum absolute atomic E-state index is 12.5. The predicted octanol–water partition coefficient (Wildman–Crippen LogP) is 5.13. The molecule has 0 saturated carbocycles. The lowest BCUT2D eigenvalue weighted by Crippen LogP contribution is -2.12. The zero-order chi connectivity index (χ0) is 19.8. The quantitative estimate of drug-likeness (QED) is 0.473. The molecule has 1 aromatic heterocycles. The molecule has 5 aromatic rings. The van der Waals surface area contributed by atoms with E-state index in [0.717, 1.165) is 38.7 Å². The van der Waals surface area contributed by atoms with Crippen molar-refractivity contribution >= 4 is 33.4 Å². The predicted molar refractivity (Wildman–Crippen MR) is 116 cm³/mol. The molecule has 1 N–H and O–H groups in total. The number of rotatable bonds is 3.